The van der Waals surface area contributed by atoms with E-state index in [2.05, 4.69) is 4.74 Å². The summed E-state index contributed by atoms with van der Waals surface area (Å²) in [6.07, 6.45) is -0.230. The quantitative estimate of drug-likeness (QED) is 0.200. The van der Waals surface area contributed by atoms with Crippen LogP contribution in [0.3, 0.4) is 0 Å². The molecule has 0 aromatic rings. The molecule has 0 amide bonds. The lowest BCUT2D eigenvalue weighted by atomic mass is 10.5. The van der Waals surface area contributed by atoms with Crippen LogP contribution in [0.1, 0.15) is 0 Å². The summed E-state index contributed by atoms with van der Waals surface area (Å²) < 4.78 is 3.49. The summed E-state index contributed by atoms with van der Waals surface area (Å²) in [5.41, 5.74) is 0. The molecule has 0 aliphatic carbocycles. The Balaban J connectivity index is 3.87. The van der Waals surface area contributed by atoms with Gasteiger partial charge in [-0.3, -0.25) is 14.4 Å². The lowest BCUT2D eigenvalue weighted by Crippen LogP contribution is -2.17. The average molecular weight is 130 g/mol. The van der Waals surface area contributed by atoms with Crippen molar-refractivity contribution >= 4 is 24.5 Å². The van der Waals surface area contributed by atoms with Crippen LogP contribution >= 0.6 is 0 Å². The lowest BCUT2D eigenvalue weighted by molar-refractivity contribution is -0.158. The Kier molecular flexibility index (Phi) is 2.89. The van der Waals surface area contributed by atoms with E-state index < -0.39 is 11.8 Å². The van der Waals surface area contributed by atoms with E-state index in [9.17, 15) is 19.2 Å². The molecule has 0 spiro atoms. The Labute approximate surface area is 49.6 Å². The minimum Gasteiger partial charge on any atom is -0.389 e. The molecule has 0 aliphatic heterocycles. The zero-order chi connectivity index (χ0) is 7.28. The fraction of sp³-hybridized carbons (Fsp3) is 0. The fourth-order valence-electron chi connectivity index (χ4n) is 0.150. The second kappa shape index (κ2) is 3.48. The van der Waals surface area contributed by atoms with Gasteiger partial charge in [-0.25, -0.2) is 4.79 Å². The van der Waals surface area contributed by atoms with Gasteiger partial charge in [0.15, 0.2) is 6.29 Å². The van der Waals surface area contributed by atoms with Gasteiger partial charge in [0, 0.05) is 0 Å². The Morgan fingerprint density at radius 3 is 2.11 bits per heavy atom. The highest BCUT2D eigenvalue weighted by molar-refractivity contribution is 6.56. The number of esters is 1. The van der Waals surface area contributed by atoms with Gasteiger partial charge >= 0.3 is 18.2 Å². The summed E-state index contributed by atoms with van der Waals surface area (Å²) >= 11 is 0. The highest BCUT2D eigenvalue weighted by Gasteiger charge is 2.12. The van der Waals surface area contributed by atoms with Crippen molar-refractivity contribution in [2.24, 2.45) is 0 Å². The highest BCUT2D eigenvalue weighted by Crippen LogP contribution is 1.71. The van der Waals surface area contributed by atoms with Crippen LogP contribution in [0.25, 0.3) is 0 Å². The summed E-state index contributed by atoms with van der Waals surface area (Å²) in [5, 5.41) is 0. The van der Waals surface area contributed by atoms with E-state index in [0.29, 0.717) is 0 Å². The van der Waals surface area contributed by atoms with Crippen molar-refractivity contribution in [3.8, 4) is 0 Å². The van der Waals surface area contributed by atoms with Crippen LogP contribution in [0, 0.1) is 0 Å². The van der Waals surface area contributed by atoms with E-state index in [4.69, 9.17) is 0 Å². The number of ether oxygens (including phenoxy) is 1. The maximum Gasteiger partial charge on any atom is 0.390 e. The van der Waals surface area contributed by atoms with Gasteiger partial charge in [-0.1, -0.05) is 0 Å². The first-order valence-corrected chi connectivity index (χ1v) is 1.86. The Morgan fingerprint density at radius 2 is 1.78 bits per heavy atom. The Morgan fingerprint density at radius 1 is 1.22 bits per heavy atom. The number of carbonyl (C=O) groups excluding carboxylic acids is 4. The summed E-state index contributed by atoms with van der Waals surface area (Å²) in [4.78, 5) is 38.6. The number of hydrogen-bond donors (Lipinski definition) is 0. The number of ketones is 1. The molecule has 0 aromatic heterocycles. The molecule has 0 heterocycles. The Hall–Kier alpha value is -1.52. The maximum absolute atomic E-state index is 9.94. The second-order valence-corrected chi connectivity index (χ2v) is 0.984. The van der Waals surface area contributed by atoms with Crippen LogP contribution in [0.5, 0.6) is 0 Å². The van der Waals surface area contributed by atoms with Crippen molar-refractivity contribution in [1.82, 2.24) is 0 Å². The van der Waals surface area contributed by atoms with Crippen LogP contribution in [-0.4, -0.2) is 24.5 Å². The lowest BCUT2D eigenvalue weighted by Gasteiger charge is -1.84. The molecule has 0 aliphatic rings. The molecule has 9 heavy (non-hydrogen) atoms. The van der Waals surface area contributed by atoms with Crippen LogP contribution < -0.4 is 0 Å². The zero-order valence-corrected chi connectivity index (χ0v) is 4.20. The molecular formula is C4H2O5. The third-order valence-corrected chi connectivity index (χ3v) is 0.463. The SMILES string of the molecule is O=COC(=O)C(=O)C=O. The summed E-state index contributed by atoms with van der Waals surface area (Å²) in [6.45, 7) is -0.219. The van der Waals surface area contributed by atoms with Crippen molar-refractivity contribution in [2.75, 3.05) is 0 Å². The molecule has 0 saturated heterocycles. The zero-order valence-electron chi connectivity index (χ0n) is 4.20. The topological polar surface area (TPSA) is 77.5 Å². The molecule has 0 saturated carbocycles. The van der Waals surface area contributed by atoms with Crippen molar-refractivity contribution in [2.45, 2.75) is 0 Å². The van der Waals surface area contributed by atoms with E-state index >= 15 is 0 Å². The monoisotopic (exact) mass is 130 g/mol. The summed E-state index contributed by atoms with van der Waals surface area (Å²) in [6, 6.07) is 0. The molecule has 48 valence electrons. The standard InChI is InChI=1S/C4H2O5/c5-1-3(7)4(8)9-2-6/h1-2H. The molecular weight excluding hydrogens is 128 g/mol. The Bertz CT molecular complexity index is 158. The predicted octanol–water partition coefficient (Wildman–Crippen LogP) is -1.55. The maximum atomic E-state index is 9.94. The normalized spacial score (nSPS) is 7.56. The first-order chi connectivity index (χ1) is 4.22. The molecule has 5 heteroatoms. The third-order valence-electron chi connectivity index (χ3n) is 0.463. The van der Waals surface area contributed by atoms with Crippen LogP contribution in [-0.2, 0) is 23.9 Å². The molecule has 5 nitrogen and oxygen atoms in total. The highest BCUT2D eigenvalue weighted by atomic mass is 16.6. The van der Waals surface area contributed by atoms with Gasteiger partial charge < -0.3 is 4.74 Å². The van der Waals surface area contributed by atoms with Crippen molar-refractivity contribution in [3.05, 3.63) is 0 Å². The number of Topliss-reactive ketones (excluding diaryl/α,β-unsaturated/α-hetero) is 1. The van der Waals surface area contributed by atoms with E-state index in [0.717, 1.165) is 0 Å². The third kappa shape index (κ3) is 2.32. The predicted molar refractivity (Wildman–Crippen MR) is 23.2 cm³/mol. The average Bonchev–Trinajstić information content (AvgIpc) is 1.87. The molecule has 0 N–H and O–H groups in total. The van der Waals surface area contributed by atoms with Gasteiger partial charge in [0.1, 0.15) is 0 Å². The molecule has 0 fully saturated rings. The van der Waals surface area contributed by atoms with E-state index in [1.807, 2.05) is 0 Å². The summed E-state index contributed by atoms with van der Waals surface area (Å²) in [5.74, 6) is -2.83. The van der Waals surface area contributed by atoms with Gasteiger partial charge in [-0.2, -0.15) is 0 Å². The number of aldehydes is 1. The number of hydrogen-bond acceptors (Lipinski definition) is 5. The van der Waals surface area contributed by atoms with Crippen molar-refractivity contribution < 1.29 is 23.9 Å². The van der Waals surface area contributed by atoms with Crippen LogP contribution in [0.2, 0.25) is 0 Å². The van der Waals surface area contributed by atoms with E-state index in [1.165, 1.54) is 0 Å². The van der Waals surface area contributed by atoms with Crippen molar-refractivity contribution in [3.63, 3.8) is 0 Å². The first-order valence-electron chi connectivity index (χ1n) is 1.86. The fourth-order valence-corrected chi connectivity index (χ4v) is 0.150. The van der Waals surface area contributed by atoms with Gasteiger partial charge in [-0.05, 0) is 0 Å². The molecule has 0 aromatic carbocycles. The first kappa shape index (κ1) is 7.48. The smallest absolute Gasteiger partial charge is 0.389 e. The second-order valence-electron chi connectivity index (χ2n) is 0.984. The molecule has 0 radical (unpaired) electrons. The van der Waals surface area contributed by atoms with E-state index in [1.54, 1.807) is 0 Å². The number of rotatable bonds is 3. The number of carbonyl (C=O) groups is 4. The van der Waals surface area contributed by atoms with Gasteiger partial charge in [0.2, 0.25) is 0 Å². The minimum atomic E-state index is -1.46. The molecule has 0 unspecified atom stereocenters. The minimum absolute atomic E-state index is 0.219. The molecule has 0 rings (SSSR count). The summed E-state index contributed by atoms with van der Waals surface area (Å²) in [7, 11) is 0. The van der Waals surface area contributed by atoms with Crippen molar-refractivity contribution in [1.29, 1.82) is 0 Å². The van der Waals surface area contributed by atoms with Crippen LogP contribution in [0.4, 0.5) is 0 Å². The van der Waals surface area contributed by atoms with E-state index in [-0.39, 0.29) is 12.8 Å². The van der Waals surface area contributed by atoms with Gasteiger partial charge in [-0.15, -0.1) is 0 Å². The largest absolute Gasteiger partial charge is 0.390 e. The van der Waals surface area contributed by atoms with Gasteiger partial charge in [0.25, 0.3) is 0 Å². The van der Waals surface area contributed by atoms with Gasteiger partial charge in [0.05, 0.1) is 0 Å². The van der Waals surface area contributed by atoms with Crippen LogP contribution in [0.15, 0.2) is 0 Å². The molecule has 0 bridgehead atoms. The molecule has 0 atom stereocenters.